The van der Waals surface area contributed by atoms with E-state index in [1.165, 1.54) is 18.4 Å². The minimum Gasteiger partial charge on any atom is -0.316 e. The van der Waals surface area contributed by atoms with Crippen LogP contribution < -0.4 is 5.32 Å². The average Bonchev–Trinajstić information content (AvgIpc) is 2.29. The molecule has 0 spiro atoms. The van der Waals surface area contributed by atoms with E-state index in [1.807, 2.05) is 0 Å². The summed E-state index contributed by atoms with van der Waals surface area (Å²) in [6, 6.07) is 11.3. The van der Waals surface area contributed by atoms with Gasteiger partial charge < -0.3 is 10.2 Å². The van der Waals surface area contributed by atoms with Gasteiger partial charge >= 0.3 is 0 Å². The minimum absolute atomic E-state index is 0.610. The zero-order valence-electron chi connectivity index (χ0n) is 10.7. The molecule has 2 heteroatoms. The fourth-order valence-electron chi connectivity index (χ4n) is 2.01. The Kier molecular flexibility index (Phi) is 6.12. The molecule has 0 heterocycles. The van der Waals surface area contributed by atoms with Crippen LogP contribution in [0.3, 0.4) is 0 Å². The fraction of sp³-hybridized carbons (Fsp3) is 0.571. The zero-order chi connectivity index (χ0) is 11.8. The van der Waals surface area contributed by atoms with Crippen molar-refractivity contribution >= 4 is 0 Å². The molecule has 90 valence electrons. The van der Waals surface area contributed by atoms with Crippen LogP contribution in [0.5, 0.6) is 0 Å². The van der Waals surface area contributed by atoms with Crippen LogP contribution in [-0.2, 0) is 6.54 Å². The number of rotatable bonds is 7. The first kappa shape index (κ1) is 13.2. The van der Waals surface area contributed by atoms with E-state index in [-0.39, 0.29) is 0 Å². The molecule has 1 atom stereocenters. The molecule has 0 aromatic heterocycles. The predicted octanol–water partition coefficient (Wildman–Crippen LogP) is 2.51. The van der Waals surface area contributed by atoms with Crippen molar-refractivity contribution in [1.29, 1.82) is 0 Å². The summed E-state index contributed by atoms with van der Waals surface area (Å²) in [6.45, 7) is 4.38. The molecule has 0 aliphatic heterocycles. The third kappa shape index (κ3) is 4.77. The highest BCUT2D eigenvalue weighted by atomic mass is 15.1. The first-order valence-corrected chi connectivity index (χ1v) is 6.16. The van der Waals surface area contributed by atoms with Crippen LogP contribution in [0.25, 0.3) is 0 Å². The van der Waals surface area contributed by atoms with Gasteiger partial charge in [0.05, 0.1) is 0 Å². The molecular weight excluding hydrogens is 196 g/mol. The summed E-state index contributed by atoms with van der Waals surface area (Å²) in [7, 11) is 4.24. The van der Waals surface area contributed by atoms with Gasteiger partial charge in [-0.25, -0.2) is 0 Å². The molecule has 0 saturated heterocycles. The normalized spacial score (nSPS) is 13.0. The Labute approximate surface area is 99.7 Å². The summed E-state index contributed by atoms with van der Waals surface area (Å²) in [5, 5.41) is 3.38. The number of likely N-dealkylation sites (N-methyl/N-ethyl adjacent to an activating group) is 2. The molecule has 1 N–H and O–H groups in total. The summed E-state index contributed by atoms with van der Waals surface area (Å²) in [4.78, 5) is 2.38. The van der Waals surface area contributed by atoms with Crippen LogP contribution in [0.1, 0.15) is 25.3 Å². The maximum absolute atomic E-state index is 3.38. The van der Waals surface area contributed by atoms with Crippen LogP contribution >= 0.6 is 0 Å². The van der Waals surface area contributed by atoms with Crippen molar-refractivity contribution in [2.45, 2.75) is 32.4 Å². The summed E-state index contributed by atoms with van der Waals surface area (Å²) in [6.07, 6.45) is 2.49. The Morgan fingerprint density at radius 2 is 1.94 bits per heavy atom. The summed E-state index contributed by atoms with van der Waals surface area (Å²) in [5.74, 6) is 0. The largest absolute Gasteiger partial charge is 0.316 e. The van der Waals surface area contributed by atoms with Crippen molar-refractivity contribution in [3.63, 3.8) is 0 Å². The Hall–Kier alpha value is -0.860. The minimum atomic E-state index is 0.610. The number of nitrogens with zero attached hydrogens (tertiary/aromatic N) is 1. The maximum atomic E-state index is 3.38. The fourth-order valence-corrected chi connectivity index (χ4v) is 2.01. The molecule has 16 heavy (non-hydrogen) atoms. The van der Waals surface area contributed by atoms with E-state index in [0.717, 1.165) is 13.1 Å². The lowest BCUT2D eigenvalue weighted by molar-refractivity contribution is 0.280. The van der Waals surface area contributed by atoms with Crippen LogP contribution in [0.4, 0.5) is 0 Å². The van der Waals surface area contributed by atoms with Crippen molar-refractivity contribution in [1.82, 2.24) is 10.2 Å². The lowest BCUT2D eigenvalue weighted by Gasteiger charge is -2.23. The van der Waals surface area contributed by atoms with E-state index >= 15 is 0 Å². The van der Waals surface area contributed by atoms with Crippen LogP contribution in [-0.4, -0.2) is 31.6 Å². The van der Waals surface area contributed by atoms with Crippen LogP contribution in [0, 0.1) is 0 Å². The van der Waals surface area contributed by atoms with Gasteiger partial charge in [0.1, 0.15) is 0 Å². The topological polar surface area (TPSA) is 15.3 Å². The molecule has 0 aliphatic carbocycles. The van der Waals surface area contributed by atoms with E-state index in [1.54, 1.807) is 0 Å². The third-order valence-corrected chi connectivity index (χ3v) is 2.87. The number of benzene rings is 1. The highest BCUT2D eigenvalue weighted by Crippen LogP contribution is 2.05. The first-order chi connectivity index (χ1) is 7.76. The maximum Gasteiger partial charge on any atom is 0.0231 e. The third-order valence-electron chi connectivity index (χ3n) is 2.87. The lowest BCUT2D eigenvalue weighted by atomic mass is 10.1. The zero-order valence-corrected chi connectivity index (χ0v) is 10.7. The SMILES string of the molecule is CCCC(CN(C)Cc1ccccc1)NC. The molecule has 0 aliphatic rings. The number of hydrogen-bond acceptors (Lipinski definition) is 2. The van der Waals surface area contributed by atoms with Gasteiger partial charge in [-0.3, -0.25) is 0 Å². The van der Waals surface area contributed by atoms with Gasteiger partial charge in [0.2, 0.25) is 0 Å². The van der Waals surface area contributed by atoms with E-state index in [2.05, 4.69) is 61.6 Å². The second kappa shape index (κ2) is 7.42. The number of hydrogen-bond donors (Lipinski definition) is 1. The van der Waals surface area contributed by atoms with Crippen molar-refractivity contribution in [2.75, 3.05) is 20.6 Å². The van der Waals surface area contributed by atoms with Crippen LogP contribution in [0.2, 0.25) is 0 Å². The predicted molar refractivity (Wildman–Crippen MR) is 70.5 cm³/mol. The van der Waals surface area contributed by atoms with Gasteiger partial charge in [0.15, 0.2) is 0 Å². The molecule has 1 aromatic carbocycles. The smallest absolute Gasteiger partial charge is 0.0231 e. The van der Waals surface area contributed by atoms with E-state index in [0.29, 0.717) is 6.04 Å². The second-order valence-corrected chi connectivity index (χ2v) is 4.46. The molecule has 2 nitrogen and oxygen atoms in total. The molecule has 1 rings (SSSR count). The van der Waals surface area contributed by atoms with E-state index in [4.69, 9.17) is 0 Å². The summed E-state index contributed by atoms with van der Waals surface area (Å²) < 4.78 is 0. The Balaban J connectivity index is 2.37. The molecule has 0 amide bonds. The standard InChI is InChI=1S/C14H24N2/c1-4-8-14(15-2)12-16(3)11-13-9-6-5-7-10-13/h5-7,9-10,14-15H,4,8,11-12H2,1-3H3. The average molecular weight is 220 g/mol. The Morgan fingerprint density at radius 1 is 1.25 bits per heavy atom. The van der Waals surface area contributed by atoms with Crippen molar-refractivity contribution in [3.8, 4) is 0 Å². The molecule has 1 unspecified atom stereocenters. The lowest BCUT2D eigenvalue weighted by Crippen LogP contribution is -2.37. The molecule has 1 aromatic rings. The van der Waals surface area contributed by atoms with E-state index in [9.17, 15) is 0 Å². The highest BCUT2D eigenvalue weighted by Gasteiger charge is 2.08. The van der Waals surface area contributed by atoms with Gasteiger partial charge in [0, 0.05) is 19.1 Å². The van der Waals surface area contributed by atoms with E-state index < -0.39 is 0 Å². The highest BCUT2D eigenvalue weighted by molar-refractivity contribution is 5.14. The van der Waals surface area contributed by atoms with Crippen molar-refractivity contribution in [2.24, 2.45) is 0 Å². The Bertz CT molecular complexity index is 271. The number of nitrogens with one attached hydrogen (secondary N) is 1. The van der Waals surface area contributed by atoms with Crippen molar-refractivity contribution in [3.05, 3.63) is 35.9 Å². The molecular formula is C14H24N2. The van der Waals surface area contributed by atoms with Gasteiger partial charge in [-0.15, -0.1) is 0 Å². The molecule has 0 saturated carbocycles. The second-order valence-electron chi connectivity index (χ2n) is 4.46. The molecule has 0 radical (unpaired) electrons. The molecule has 0 fully saturated rings. The van der Waals surface area contributed by atoms with Gasteiger partial charge in [-0.2, -0.15) is 0 Å². The van der Waals surface area contributed by atoms with Gasteiger partial charge in [0.25, 0.3) is 0 Å². The first-order valence-electron chi connectivity index (χ1n) is 6.16. The van der Waals surface area contributed by atoms with Gasteiger partial charge in [-0.05, 0) is 26.1 Å². The summed E-state index contributed by atoms with van der Waals surface area (Å²) in [5.41, 5.74) is 1.39. The monoisotopic (exact) mass is 220 g/mol. The summed E-state index contributed by atoms with van der Waals surface area (Å²) >= 11 is 0. The van der Waals surface area contributed by atoms with Crippen LogP contribution in [0.15, 0.2) is 30.3 Å². The van der Waals surface area contributed by atoms with Gasteiger partial charge in [-0.1, -0.05) is 43.7 Å². The van der Waals surface area contributed by atoms with Crippen molar-refractivity contribution < 1.29 is 0 Å². The molecule has 0 bridgehead atoms. The quantitative estimate of drug-likeness (QED) is 0.759. The Morgan fingerprint density at radius 3 is 2.50 bits per heavy atom.